The van der Waals surface area contributed by atoms with E-state index < -0.39 is 0 Å². The number of hydrogen-bond acceptors (Lipinski definition) is 0. The predicted molar refractivity (Wildman–Crippen MR) is 70.0 cm³/mol. The van der Waals surface area contributed by atoms with Crippen LogP contribution in [0.15, 0.2) is 60.7 Å². The zero-order chi connectivity index (χ0) is 11.4. The molecule has 16 heavy (non-hydrogen) atoms. The van der Waals surface area contributed by atoms with E-state index in [1.54, 1.807) is 0 Å². The van der Waals surface area contributed by atoms with Gasteiger partial charge in [-0.05, 0) is 0 Å². The molecule has 0 saturated carbocycles. The molecule has 0 radical (unpaired) electrons. The second-order valence-electron chi connectivity index (χ2n) is 4.42. The van der Waals surface area contributed by atoms with E-state index in [-0.39, 0.29) is 0 Å². The summed E-state index contributed by atoms with van der Waals surface area (Å²) in [5, 5.41) is 0. The molecule has 0 nitrogen and oxygen atoms in total. The van der Waals surface area contributed by atoms with Crippen molar-refractivity contribution in [3.8, 4) is 0 Å². The van der Waals surface area contributed by atoms with Crippen molar-refractivity contribution in [2.75, 3.05) is 0 Å². The Morgan fingerprint density at radius 3 is 1.44 bits per heavy atom. The Bertz CT molecular complexity index is 397. The molecule has 0 aliphatic heterocycles. The molecule has 0 amide bonds. The average Bonchev–Trinajstić information content (AvgIpc) is 2.40. The van der Waals surface area contributed by atoms with Crippen LogP contribution >= 0.6 is 0 Å². The summed E-state index contributed by atoms with van der Waals surface area (Å²) in [7, 11) is 0. The standard InChI is InChI=1S/C14H12.2K/c1-12(13-8-4-2-5-9-13)14-10-6-3-7-11-14;;/h2-11H,1H2;;. The number of hydrogen-bond donors (Lipinski definition) is 0. The molecule has 0 saturated heterocycles. The van der Waals surface area contributed by atoms with Crippen molar-refractivity contribution in [1.29, 1.82) is 0 Å². The molecule has 0 bridgehead atoms. The summed E-state index contributed by atoms with van der Waals surface area (Å²) >= 11 is 1.68. The third-order valence-corrected chi connectivity index (χ3v) is 12.1. The van der Waals surface area contributed by atoms with Crippen LogP contribution in [-0.4, -0.2) is 97.9 Å². The van der Waals surface area contributed by atoms with E-state index in [4.69, 9.17) is 0 Å². The summed E-state index contributed by atoms with van der Waals surface area (Å²) in [6.45, 7) is 0. The van der Waals surface area contributed by atoms with Gasteiger partial charge >= 0.3 is 170 Å². The van der Waals surface area contributed by atoms with Gasteiger partial charge in [0.25, 0.3) is 0 Å². The van der Waals surface area contributed by atoms with Gasteiger partial charge in [0.15, 0.2) is 0 Å². The maximum absolute atomic E-state index is 2.30. The first-order valence-electron chi connectivity index (χ1n) is 5.88. The van der Waals surface area contributed by atoms with Crippen LogP contribution in [-0.2, 0) is -0.490 Å². The van der Waals surface area contributed by atoms with Crippen molar-refractivity contribution in [2.45, 2.75) is 0.0249 Å². The Balaban J connectivity index is 2.49. The number of benzene rings is 2. The second-order valence-corrected chi connectivity index (χ2v) is 8.19. The van der Waals surface area contributed by atoms with Crippen molar-refractivity contribution in [2.24, 2.45) is 0 Å². The summed E-state index contributed by atoms with van der Waals surface area (Å²) in [6, 6.07) is 22.1. The fourth-order valence-electron chi connectivity index (χ4n) is 2.19. The van der Waals surface area contributed by atoms with Crippen LogP contribution < -0.4 is 0 Å². The normalized spacial score (nSPS) is 11.5. The fourth-order valence-corrected chi connectivity index (χ4v) is 4.50. The summed E-state index contributed by atoms with van der Waals surface area (Å²) in [4.78, 5) is 0. The Kier molecular flexibility index (Phi) is 5.97. The molecule has 0 aromatic heterocycles. The molecule has 0 heterocycles. The van der Waals surface area contributed by atoms with Crippen LogP contribution in [0.2, 0.25) is 0.515 Å². The van der Waals surface area contributed by atoms with Gasteiger partial charge in [0.1, 0.15) is 0 Å². The van der Waals surface area contributed by atoms with E-state index in [0.717, 1.165) is 97.9 Å². The van der Waals surface area contributed by atoms with Crippen molar-refractivity contribution in [3.63, 3.8) is 0 Å². The van der Waals surface area contributed by atoms with Gasteiger partial charge in [0.2, 0.25) is 0 Å². The average molecular weight is 258 g/mol. The van der Waals surface area contributed by atoms with Crippen molar-refractivity contribution in [1.82, 2.24) is 0 Å². The zero-order valence-corrected chi connectivity index (χ0v) is 16.2. The Morgan fingerprint density at radius 2 is 1.12 bits per heavy atom. The van der Waals surface area contributed by atoms with Crippen molar-refractivity contribution in [3.05, 3.63) is 71.8 Å². The molecule has 0 unspecified atom stereocenters. The van der Waals surface area contributed by atoms with Crippen LogP contribution in [0.3, 0.4) is 0 Å². The van der Waals surface area contributed by atoms with Crippen molar-refractivity contribution >= 4 is 97.9 Å². The number of rotatable bonds is 3. The molecule has 2 aromatic rings. The van der Waals surface area contributed by atoms with E-state index in [1.807, 2.05) is 0 Å². The molecular weight excluding hydrogens is 246 g/mol. The molecular formula is C14H12K2. The van der Waals surface area contributed by atoms with E-state index in [0.29, 0.717) is -0.490 Å². The van der Waals surface area contributed by atoms with Gasteiger partial charge in [-0.1, -0.05) is 0 Å². The predicted octanol–water partition coefficient (Wildman–Crippen LogP) is 2.69. The summed E-state index contributed by atoms with van der Waals surface area (Å²) in [5.41, 5.74) is 3.05. The molecule has 0 aliphatic rings. The minimum absolute atomic E-state index is 0.398. The summed E-state index contributed by atoms with van der Waals surface area (Å²) in [5.74, 6) is 0. The molecule has 2 aromatic carbocycles. The molecule has 70 valence electrons. The monoisotopic (exact) mass is 258 g/mol. The minimum atomic E-state index is 0.398. The molecule has 0 spiro atoms. The van der Waals surface area contributed by atoms with Gasteiger partial charge < -0.3 is 0 Å². The van der Waals surface area contributed by atoms with Crippen LogP contribution in [0.4, 0.5) is 0 Å². The molecule has 0 aliphatic carbocycles. The topological polar surface area (TPSA) is 0 Å². The Morgan fingerprint density at radius 1 is 0.750 bits per heavy atom. The van der Waals surface area contributed by atoms with Gasteiger partial charge in [-0.3, -0.25) is 0 Å². The molecule has 0 N–H and O–H groups in total. The van der Waals surface area contributed by atoms with E-state index in [1.165, 1.54) is 11.6 Å². The third-order valence-electron chi connectivity index (χ3n) is 3.53. The van der Waals surface area contributed by atoms with E-state index >= 15 is 0 Å². The van der Waals surface area contributed by atoms with Gasteiger partial charge in [-0.25, -0.2) is 0 Å². The van der Waals surface area contributed by atoms with Crippen LogP contribution in [0, 0.1) is 0 Å². The van der Waals surface area contributed by atoms with Crippen LogP contribution in [0.25, 0.3) is 0 Å². The second kappa shape index (κ2) is 6.76. The first kappa shape index (κ1) is 14.1. The fraction of sp³-hybridized carbons (Fsp3) is 0.143. The zero-order valence-electron chi connectivity index (χ0n) is 9.98. The first-order chi connectivity index (χ1) is 7.77. The first-order valence-corrected chi connectivity index (χ1v) is 9.65. The maximum atomic E-state index is 2.30. The van der Waals surface area contributed by atoms with E-state index in [9.17, 15) is 0 Å². The molecule has 2 heteroatoms. The van der Waals surface area contributed by atoms with Crippen LogP contribution in [0.1, 0.15) is 11.1 Å². The third kappa shape index (κ3) is 3.18. The molecule has 0 fully saturated rings. The SMILES string of the molecule is [K][CH2][C]([K])(c1ccccc1)c1ccccc1. The van der Waals surface area contributed by atoms with Gasteiger partial charge in [0, 0.05) is 0 Å². The Hall–Kier alpha value is 1.71. The quantitative estimate of drug-likeness (QED) is 0.743. The molecule has 0 atom stereocenters. The van der Waals surface area contributed by atoms with Gasteiger partial charge in [-0.2, -0.15) is 0 Å². The van der Waals surface area contributed by atoms with Gasteiger partial charge in [0.05, 0.1) is 0 Å². The van der Waals surface area contributed by atoms with Crippen molar-refractivity contribution < 1.29 is 0 Å². The summed E-state index contributed by atoms with van der Waals surface area (Å²) < 4.78 is 1.78. The molecule has 2 rings (SSSR count). The van der Waals surface area contributed by atoms with Crippen LogP contribution in [0.5, 0.6) is 0 Å². The Labute approximate surface area is 165 Å². The van der Waals surface area contributed by atoms with E-state index in [2.05, 4.69) is 60.7 Å². The van der Waals surface area contributed by atoms with Gasteiger partial charge in [-0.15, -0.1) is 0 Å². The summed E-state index contributed by atoms with van der Waals surface area (Å²) in [6.07, 6.45) is 0.